The Labute approximate surface area is 178 Å². The second-order valence-corrected chi connectivity index (χ2v) is 9.99. The number of aromatic nitrogens is 2. The Balaban J connectivity index is 1.68. The van der Waals surface area contributed by atoms with E-state index in [0.29, 0.717) is 24.4 Å². The van der Waals surface area contributed by atoms with Gasteiger partial charge in [-0.15, -0.1) is 0 Å². The second-order valence-electron chi connectivity index (χ2n) is 9.99. The molecule has 6 heteroatoms. The van der Waals surface area contributed by atoms with Crippen LogP contribution in [0.2, 0.25) is 0 Å². The van der Waals surface area contributed by atoms with Gasteiger partial charge in [-0.3, -0.25) is 13.9 Å². The van der Waals surface area contributed by atoms with Crippen molar-refractivity contribution >= 4 is 16.9 Å². The Morgan fingerprint density at radius 1 is 1.13 bits per heavy atom. The highest BCUT2D eigenvalue weighted by molar-refractivity contribution is 5.97. The van der Waals surface area contributed by atoms with Crippen LogP contribution in [0.25, 0.3) is 11.0 Å². The maximum Gasteiger partial charge on any atom is 0.329 e. The third-order valence-corrected chi connectivity index (χ3v) is 6.69. The van der Waals surface area contributed by atoms with Crippen LogP contribution in [0.4, 0.5) is 0 Å². The second kappa shape index (κ2) is 8.22. The minimum Gasteiger partial charge on any atom is -0.390 e. The summed E-state index contributed by atoms with van der Waals surface area (Å²) in [6.07, 6.45) is 8.60. The van der Waals surface area contributed by atoms with Gasteiger partial charge in [0.1, 0.15) is 0 Å². The molecule has 1 amide bonds. The molecule has 0 radical (unpaired) electrons. The van der Waals surface area contributed by atoms with Crippen molar-refractivity contribution in [3.8, 4) is 0 Å². The predicted molar refractivity (Wildman–Crippen MR) is 119 cm³/mol. The van der Waals surface area contributed by atoms with Crippen LogP contribution in [-0.4, -0.2) is 44.2 Å². The topological polar surface area (TPSA) is 67.5 Å². The largest absolute Gasteiger partial charge is 0.390 e. The van der Waals surface area contributed by atoms with E-state index in [1.165, 1.54) is 32.1 Å². The Bertz CT molecular complexity index is 972. The van der Waals surface area contributed by atoms with Crippen molar-refractivity contribution in [2.24, 2.45) is 5.92 Å². The van der Waals surface area contributed by atoms with Gasteiger partial charge in [-0.2, -0.15) is 0 Å². The number of aliphatic hydroxyl groups is 1. The number of imidazole rings is 1. The van der Waals surface area contributed by atoms with Crippen LogP contribution in [0.1, 0.15) is 81.6 Å². The van der Waals surface area contributed by atoms with Gasteiger partial charge in [0, 0.05) is 31.7 Å². The van der Waals surface area contributed by atoms with E-state index in [4.69, 9.17) is 0 Å². The molecule has 0 spiro atoms. The standard InChI is InChI=1S/C24H35N3O3/c1-24(2,30)13-14-25(3)22(28)18-11-12-20-21(15-18)26(16-17-9-10-17)23(29)27(20)19-7-5-4-6-8-19/h11-12,15,17,19,30H,4-10,13-14,16H2,1-3H3. The number of carbonyl (C=O) groups is 1. The van der Waals surface area contributed by atoms with Crippen LogP contribution < -0.4 is 5.69 Å². The molecule has 30 heavy (non-hydrogen) atoms. The fourth-order valence-electron chi connectivity index (χ4n) is 4.60. The highest BCUT2D eigenvalue weighted by Gasteiger charge is 2.28. The van der Waals surface area contributed by atoms with Crippen molar-refractivity contribution in [3.05, 3.63) is 34.2 Å². The van der Waals surface area contributed by atoms with Gasteiger partial charge in [0.15, 0.2) is 0 Å². The first-order valence-electron chi connectivity index (χ1n) is 11.5. The molecule has 2 fully saturated rings. The quantitative estimate of drug-likeness (QED) is 0.747. The van der Waals surface area contributed by atoms with E-state index < -0.39 is 5.60 Å². The molecule has 2 aliphatic rings. The van der Waals surface area contributed by atoms with Crippen molar-refractivity contribution in [2.75, 3.05) is 13.6 Å². The van der Waals surface area contributed by atoms with E-state index >= 15 is 0 Å². The molecular weight excluding hydrogens is 378 g/mol. The first-order chi connectivity index (χ1) is 14.2. The van der Waals surface area contributed by atoms with Crippen LogP contribution in [-0.2, 0) is 6.54 Å². The molecule has 2 aromatic rings. The summed E-state index contributed by atoms with van der Waals surface area (Å²) in [6, 6.07) is 5.99. The van der Waals surface area contributed by atoms with Crippen LogP contribution in [0.15, 0.2) is 23.0 Å². The molecule has 0 unspecified atom stereocenters. The molecule has 0 aliphatic heterocycles. The molecule has 0 atom stereocenters. The molecule has 1 aromatic heterocycles. The van der Waals surface area contributed by atoms with Crippen molar-refractivity contribution in [1.82, 2.24) is 14.0 Å². The maximum absolute atomic E-state index is 13.4. The van der Waals surface area contributed by atoms with Crippen molar-refractivity contribution in [3.63, 3.8) is 0 Å². The Kier molecular flexibility index (Phi) is 5.80. The zero-order chi connectivity index (χ0) is 21.5. The Morgan fingerprint density at radius 3 is 2.47 bits per heavy atom. The zero-order valence-corrected chi connectivity index (χ0v) is 18.6. The lowest BCUT2D eigenvalue weighted by atomic mass is 9.95. The molecule has 2 aliphatic carbocycles. The lowest BCUT2D eigenvalue weighted by Crippen LogP contribution is -2.32. The first kappa shape index (κ1) is 21.2. The molecule has 0 bridgehead atoms. The normalized spacial score (nSPS) is 18.1. The SMILES string of the molecule is CN(CCC(C)(C)O)C(=O)c1ccc2c(c1)n(CC1CC1)c(=O)n2C1CCCCC1. The van der Waals surface area contributed by atoms with E-state index in [-0.39, 0.29) is 17.6 Å². The van der Waals surface area contributed by atoms with Gasteiger partial charge in [0.25, 0.3) is 5.91 Å². The van der Waals surface area contributed by atoms with Gasteiger partial charge in [-0.1, -0.05) is 19.3 Å². The Morgan fingerprint density at radius 2 is 1.83 bits per heavy atom. The van der Waals surface area contributed by atoms with Crippen molar-refractivity contribution in [1.29, 1.82) is 0 Å². The number of benzene rings is 1. The Hall–Kier alpha value is -2.08. The number of fused-ring (bicyclic) bond motifs is 1. The molecule has 1 N–H and O–H groups in total. The van der Waals surface area contributed by atoms with Crippen LogP contribution in [0.3, 0.4) is 0 Å². The summed E-state index contributed by atoms with van der Waals surface area (Å²) >= 11 is 0. The predicted octanol–water partition coefficient (Wildman–Crippen LogP) is 3.95. The number of nitrogens with zero attached hydrogens (tertiary/aromatic N) is 3. The minimum absolute atomic E-state index is 0.0722. The molecular formula is C24H35N3O3. The lowest BCUT2D eigenvalue weighted by Gasteiger charge is -2.23. The molecule has 0 saturated heterocycles. The molecule has 6 nitrogen and oxygen atoms in total. The van der Waals surface area contributed by atoms with Gasteiger partial charge in [0.2, 0.25) is 0 Å². The maximum atomic E-state index is 13.4. The number of carbonyl (C=O) groups excluding carboxylic acids is 1. The van der Waals surface area contributed by atoms with Gasteiger partial charge in [0.05, 0.1) is 16.6 Å². The van der Waals surface area contributed by atoms with Crippen LogP contribution >= 0.6 is 0 Å². The summed E-state index contributed by atoms with van der Waals surface area (Å²) in [7, 11) is 1.77. The summed E-state index contributed by atoms with van der Waals surface area (Å²) in [5, 5.41) is 9.96. The summed E-state index contributed by atoms with van der Waals surface area (Å²) in [5.74, 6) is 0.513. The van der Waals surface area contributed by atoms with E-state index in [0.717, 1.165) is 30.4 Å². The van der Waals surface area contributed by atoms with Gasteiger partial charge in [-0.05, 0) is 70.1 Å². The average Bonchev–Trinajstić information content (AvgIpc) is 3.50. The fourth-order valence-corrected chi connectivity index (χ4v) is 4.60. The number of hydrogen-bond acceptors (Lipinski definition) is 3. The lowest BCUT2D eigenvalue weighted by molar-refractivity contribution is 0.0544. The number of hydrogen-bond donors (Lipinski definition) is 1. The van der Waals surface area contributed by atoms with Crippen molar-refractivity contribution < 1.29 is 9.90 Å². The summed E-state index contributed by atoms with van der Waals surface area (Å²) < 4.78 is 3.92. The molecule has 1 aromatic carbocycles. The van der Waals surface area contributed by atoms with E-state index in [2.05, 4.69) is 0 Å². The molecule has 2 saturated carbocycles. The van der Waals surface area contributed by atoms with Crippen LogP contribution in [0, 0.1) is 5.92 Å². The highest BCUT2D eigenvalue weighted by Crippen LogP contribution is 2.34. The van der Waals surface area contributed by atoms with E-state index in [1.807, 2.05) is 27.3 Å². The van der Waals surface area contributed by atoms with Crippen LogP contribution in [0.5, 0.6) is 0 Å². The summed E-state index contributed by atoms with van der Waals surface area (Å²) in [6.45, 7) is 4.74. The van der Waals surface area contributed by atoms with Gasteiger partial charge in [-0.25, -0.2) is 4.79 Å². The zero-order valence-electron chi connectivity index (χ0n) is 18.6. The fraction of sp³-hybridized carbons (Fsp3) is 0.667. The molecule has 164 valence electrons. The smallest absolute Gasteiger partial charge is 0.329 e. The van der Waals surface area contributed by atoms with Crippen molar-refractivity contribution in [2.45, 2.75) is 83.4 Å². The summed E-state index contributed by atoms with van der Waals surface area (Å²) in [4.78, 5) is 28.0. The molecule has 1 heterocycles. The highest BCUT2D eigenvalue weighted by atomic mass is 16.3. The third-order valence-electron chi connectivity index (χ3n) is 6.69. The average molecular weight is 414 g/mol. The number of amides is 1. The monoisotopic (exact) mass is 413 g/mol. The minimum atomic E-state index is -0.805. The summed E-state index contributed by atoms with van der Waals surface area (Å²) in [5.41, 5.74) is 1.73. The van der Waals surface area contributed by atoms with Gasteiger partial charge >= 0.3 is 5.69 Å². The third kappa shape index (κ3) is 4.48. The van der Waals surface area contributed by atoms with Gasteiger partial charge < -0.3 is 10.0 Å². The molecule has 4 rings (SSSR count). The van der Waals surface area contributed by atoms with E-state index in [1.54, 1.807) is 25.8 Å². The number of rotatable bonds is 7. The van der Waals surface area contributed by atoms with E-state index in [9.17, 15) is 14.7 Å². The first-order valence-corrected chi connectivity index (χ1v) is 11.5.